The molecule has 0 spiro atoms. The highest BCUT2D eigenvalue weighted by Gasteiger charge is 2.39. The van der Waals surface area contributed by atoms with Gasteiger partial charge in [-0.15, -0.1) is 0 Å². The van der Waals surface area contributed by atoms with Crippen molar-refractivity contribution in [3.63, 3.8) is 0 Å². The lowest BCUT2D eigenvalue weighted by Gasteiger charge is -2.36. The molecular formula is C14H19F2NOS. The van der Waals surface area contributed by atoms with E-state index in [9.17, 15) is 13.0 Å². The molecule has 2 nitrogen and oxygen atoms in total. The summed E-state index contributed by atoms with van der Waals surface area (Å²) in [6.07, 6.45) is 0.910. The smallest absolute Gasteiger partial charge is 0.139 e. The minimum Gasteiger partial charge on any atom is -0.310 e. The van der Waals surface area contributed by atoms with Gasteiger partial charge in [0.1, 0.15) is 11.6 Å². The van der Waals surface area contributed by atoms with Gasteiger partial charge in [0.25, 0.3) is 0 Å². The average Bonchev–Trinajstić information content (AvgIpc) is 2.39. The first-order valence-corrected chi connectivity index (χ1v) is 7.82. The normalized spacial score (nSPS) is 30.2. The summed E-state index contributed by atoms with van der Waals surface area (Å²) in [6, 6.07) is 1.90. The van der Waals surface area contributed by atoms with Gasteiger partial charge in [0.05, 0.1) is 15.7 Å². The van der Waals surface area contributed by atoms with Crippen molar-refractivity contribution >= 4 is 10.8 Å². The van der Waals surface area contributed by atoms with Crippen molar-refractivity contribution in [2.45, 2.75) is 43.4 Å². The Morgan fingerprint density at radius 1 is 1.26 bits per heavy atom. The molecule has 4 atom stereocenters. The summed E-state index contributed by atoms with van der Waals surface area (Å²) in [7, 11) is -1.49. The zero-order valence-electron chi connectivity index (χ0n) is 11.4. The molecule has 1 heterocycles. The fourth-order valence-corrected chi connectivity index (χ4v) is 4.17. The van der Waals surface area contributed by atoms with Gasteiger partial charge in [0.2, 0.25) is 0 Å². The molecule has 1 N–H and O–H groups in total. The Hall–Kier alpha value is -0.810. The molecule has 1 aliphatic heterocycles. The minimum absolute atomic E-state index is 0.00353. The largest absolute Gasteiger partial charge is 0.310 e. The summed E-state index contributed by atoms with van der Waals surface area (Å²) >= 11 is 0. The van der Waals surface area contributed by atoms with Crippen LogP contribution in [0.15, 0.2) is 17.0 Å². The van der Waals surface area contributed by atoms with E-state index < -0.39 is 22.4 Å². The quantitative estimate of drug-likeness (QED) is 0.925. The van der Waals surface area contributed by atoms with Crippen molar-refractivity contribution in [2.24, 2.45) is 5.92 Å². The molecule has 0 aromatic heterocycles. The topological polar surface area (TPSA) is 29.1 Å². The highest BCUT2D eigenvalue weighted by molar-refractivity contribution is 7.85. The van der Waals surface area contributed by atoms with Crippen LogP contribution in [-0.4, -0.2) is 16.0 Å². The molecule has 1 aromatic carbocycles. The Labute approximate surface area is 115 Å². The molecule has 5 heteroatoms. The van der Waals surface area contributed by atoms with Crippen LogP contribution in [0.5, 0.6) is 0 Å². The summed E-state index contributed by atoms with van der Waals surface area (Å²) in [4.78, 5) is 0.0409. The van der Waals surface area contributed by atoms with E-state index in [1.807, 2.05) is 20.8 Å². The highest BCUT2D eigenvalue weighted by Crippen LogP contribution is 2.40. The van der Waals surface area contributed by atoms with Gasteiger partial charge in [0.15, 0.2) is 0 Å². The SMILES string of the molecule is CCCNC1c2c(F)ccc(F)c2S(=O)C(C)C1C. The number of nitrogens with one attached hydrogen (secondary N) is 1. The van der Waals surface area contributed by atoms with Crippen molar-refractivity contribution < 1.29 is 13.0 Å². The molecule has 0 aliphatic carbocycles. The van der Waals surface area contributed by atoms with E-state index in [0.717, 1.165) is 25.1 Å². The van der Waals surface area contributed by atoms with Crippen molar-refractivity contribution in [1.82, 2.24) is 5.32 Å². The fraction of sp³-hybridized carbons (Fsp3) is 0.571. The van der Waals surface area contributed by atoms with Crippen LogP contribution >= 0.6 is 0 Å². The molecule has 1 aliphatic rings. The van der Waals surface area contributed by atoms with E-state index in [0.29, 0.717) is 0 Å². The molecule has 2 rings (SSSR count). The van der Waals surface area contributed by atoms with Crippen LogP contribution in [0.3, 0.4) is 0 Å². The summed E-state index contributed by atoms with van der Waals surface area (Å²) in [5, 5.41) is 3.06. The third-order valence-corrected chi connectivity index (χ3v) is 5.75. The number of fused-ring (bicyclic) bond motifs is 1. The maximum atomic E-state index is 14.1. The molecule has 1 aromatic rings. The minimum atomic E-state index is -1.49. The second-order valence-electron chi connectivity index (χ2n) is 5.07. The maximum Gasteiger partial charge on any atom is 0.139 e. The molecule has 0 saturated heterocycles. The van der Waals surface area contributed by atoms with Gasteiger partial charge in [-0.05, 0) is 31.0 Å². The van der Waals surface area contributed by atoms with Crippen LogP contribution in [0.1, 0.15) is 38.8 Å². The van der Waals surface area contributed by atoms with E-state index >= 15 is 0 Å². The fourth-order valence-electron chi connectivity index (χ4n) is 2.55. The predicted molar refractivity (Wildman–Crippen MR) is 72.4 cm³/mol. The summed E-state index contributed by atoms with van der Waals surface area (Å²) < 4.78 is 40.3. The molecule has 106 valence electrons. The van der Waals surface area contributed by atoms with Crippen LogP contribution < -0.4 is 5.32 Å². The van der Waals surface area contributed by atoms with E-state index in [2.05, 4.69) is 5.32 Å². The number of hydrogen-bond donors (Lipinski definition) is 1. The van der Waals surface area contributed by atoms with Crippen molar-refractivity contribution in [3.8, 4) is 0 Å². The Morgan fingerprint density at radius 3 is 2.53 bits per heavy atom. The van der Waals surface area contributed by atoms with Crippen LogP contribution in [-0.2, 0) is 10.8 Å². The van der Waals surface area contributed by atoms with E-state index in [4.69, 9.17) is 0 Å². The number of rotatable bonds is 3. The zero-order valence-corrected chi connectivity index (χ0v) is 12.2. The molecule has 0 saturated carbocycles. The monoisotopic (exact) mass is 287 g/mol. The van der Waals surface area contributed by atoms with Gasteiger partial charge >= 0.3 is 0 Å². The summed E-state index contributed by atoms with van der Waals surface area (Å²) in [5.74, 6) is -1.05. The van der Waals surface area contributed by atoms with Gasteiger partial charge in [-0.3, -0.25) is 4.21 Å². The third-order valence-electron chi connectivity index (χ3n) is 3.83. The third kappa shape index (κ3) is 2.46. The second kappa shape index (κ2) is 5.67. The lowest BCUT2D eigenvalue weighted by atomic mass is 9.90. The van der Waals surface area contributed by atoms with Crippen molar-refractivity contribution in [1.29, 1.82) is 0 Å². The maximum absolute atomic E-state index is 14.1. The van der Waals surface area contributed by atoms with Crippen molar-refractivity contribution in [2.75, 3.05) is 6.54 Å². The van der Waals surface area contributed by atoms with Gasteiger partial charge in [-0.1, -0.05) is 20.8 Å². The predicted octanol–water partition coefficient (Wildman–Crippen LogP) is 3.15. The Bertz CT molecular complexity index is 506. The standard InChI is InChI=1S/C14H19F2NOS/c1-4-7-17-13-8(2)9(3)19(18)14-11(16)6-5-10(15)12(13)14/h5-6,8-9,13,17H,4,7H2,1-3H3. The van der Waals surface area contributed by atoms with Gasteiger partial charge in [0, 0.05) is 16.9 Å². The van der Waals surface area contributed by atoms with E-state index in [1.54, 1.807) is 0 Å². The average molecular weight is 287 g/mol. The molecule has 0 amide bonds. The second-order valence-corrected chi connectivity index (χ2v) is 6.81. The Balaban J connectivity index is 2.56. The first kappa shape index (κ1) is 14.6. The first-order chi connectivity index (χ1) is 8.99. The molecule has 0 fully saturated rings. The van der Waals surface area contributed by atoms with Crippen LogP contribution in [0.2, 0.25) is 0 Å². The first-order valence-electron chi connectivity index (χ1n) is 6.60. The number of halogens is 2. The number of hydrogen-bond acceptors (Lipinski definition) is 2. The lowest BCUT2D eigenvalue weighted by molar-refractivity contribution is 0.349. The molecule has 0 bridgehead atoms. The lowest BCUT2D eigenvalue weighted by Crippen LogP contribution is -2.40. The van der Waals surface area contributed by atoms with Gasteiger partial charge < -0.3 is 5.32 Å². The van der Waals surface area contributed by atoms with Gasteiger partial charge in [-0.25, -0.2) is 8.78 Å². The number of benzene rings is 1. The van der Waals surface area contributed by atoms with Crippen LogP contribution in [0, 0.1) is 17.6 Å². The summed E-state index contributed by atoms with van der Waals surface area (Å²) in [5.41, 5.74) is 0.248. The summed E-state index contributed by atoms with van der Waals surface area (Å²) in [6.45, 7) is 6.51. The van der Waals surface area contributed by atoms with E-state index in [1.165, 1.54) is 0 Å². The molecular weight excluding hydrogens is 268 g/mol. The van der Waals surface area contributed by atoms with Crippen LogP contribution in [0.4, 0.5) is 8.78 Å². The van der Waals surface area contributed by atoms with Crippen molar-refractivity contribution in [3.05, 3.63) is 29.3 Å². The zero-order chi connectivity index (χ0) is 14.2. The molecule has 4 unspecified atom stereocenters. The molecule has 0 radical (unpaired) electrons. The molecule has 19 heavy (non-hydrogen) atoms. The van der Waals surface area contributed by atoms with Gasteiger partial charge in [-0.2, -0.15) is 0 Å². The Morgan fingerprint density at radius 2 is 1.89 bits per heavy atom. The van der Waals surface area contributed by atoms with E-state index in [-0.39, 0.29) is 27.7 Å². The Kier molecular flexibility index (Phi) is 4.36. The van der Waals surface area contributed by atoms with Crippen LogP contribution in [0.25, 0.3) is 0 Å². The highest BCUT2D eigenvalue weighted by atomic mass is 32.2.